The average molecular weight is 550 g/mol. The number of primary amides is 1. The Bertz CT molecular complexity index is 1550. The predicted molar refractivity (Wildman–Crippen MR) is 150 cm³/mol. The van der Waals surface area contributed by atoms with Gasteiger partial charge in [0.1, 0.15) is 0 Å². The van der Waals surface area contributed by atoms with Crippen LogP contribution in [0.5, 0.6) is 0 Å². The second-order valence-corrected chi connectivity index (χ2v) is 11.4. The summed E-state index contributed by atoms with van der Waals surface area (Å²) in [6.45, 7) is 4.50. The Morgan fingerprint density at radius 3 is 2.51 bits per heavy atom. The summed E-state index contributed by atoms with van der Waals surface area (Å²) in [5.74, 6) is -1.57. The first kappa shape index (κ1) is 28.0. The van der Waals surface area contributed by atoms with E-state index in [9.17, 15) is 22.8 Å². The van der Waals surface area contributed by atoms with Gasteiger partial charge in [-0.05, 0) is 77.8 Å². The van der Waals surface area contributed by atoms with Gasteiger partial charge in [-0.2, -0.15) is 4.31 Å². The molecule has 1 aliphatic carbocycles. The van der Waals surface area contributed by atoms with Gasteiger partial charge in [-0.1, -0.05) is 30.4 Å². The molecule has 1 heterocycles. The topological polar surface area (TPSA) is 136 Å². The number of nitrogens with two attached hydrogens (primary N) is 1. The molecule has 2 aromatic rings. The van der Waals surface area contributed by atoms with Crippen molar-refractivity contribution in [3.63, 3.8) is 0 Å². The summed E-state index contributed by atoms with van der Waals surface area (Å²) in [5, 5.41) is 2.81. The molecule has 9 nitrogen and oxygen atoms in total. The molecule has 204 valence electrons. The van der Waals surface area contributed by atoms with E-state index in [2.05, 4.69) is 5.32 Å². The van der Waals surface area contributed by atoms with E-state index in [0.717, 1.165) is 51.1 Å². The number of hydrogen-bond donors (Lipinski definition) is 2. The summed E-state index contributed by atoms with van der Waals surface area (Å²) in [7, 11) is -3.26. The number of rotatable bonds is 8. The number of ether oxygens (including phenoxy) is 1. The van der Waals surface area contributed by atoms with Crippen LogP contribution in [0.1, 0.15) is 40.4 Å². The fraction of sp³-hybridized carbons (Fsp3) is 0.276. The van der Waals surface area contributed by atoms with Crippen LogP contribution in [0, 0.1) is 6.92 Å². The lowest BCUT2D eigenvalue weighted by molar-refractivity contribution is -0.137. The number of anilines is 1. The lowest BCUT2D eigenvalue weighted by atomic mass is 9.90. The van der Waals surface area contributed by atoms with Crippen molar-refractivity contribution in [2.45, 2.75) is 26.7 Å². The van der Waals surface area contributed by atoms with Crippen molar-refractivity contribution in [2.24, 2.45) is 5.73 Å². The van der Waals surface area contributed by atoms with Gasteiger partial charge in [-0.25, -0.2) is 13.2 Å². The maximum Gasteiger partial charge on any atom is 0.330 e. The van der Waals surface area contributed by atoms with E-state index in [1.54, 1.807) is 19.1 Å². The molecule has 3 N–H and O–H groups in total. The largest absolute Gasteiger partial charge is 0.463 e. The first-order valence-electron chi connectivity index (χ1n) is 12.6. The van der Waals surface area contributed by atoms with Crippen molar-refractivity contribution in [3.05, 3.63) is 82.0 Å². The zero-order chi connectivity index (χ0) is 28.3. The Hall–Kier alpha value is -4.02. The minimum absolute atomic E-state index is 0.220. The molecule has 39 heavy (non-hydrogen) atoms. The van der Waals surface area contributed by atoms with Crippen LogP contribution < -0.4 is 11.1 Å². The van der Waals surface area contributed by atoms with E-state index in [1.165, 1.54) is 10.6 Å². The number of sulfonamides is 1. The zero-order valence-corrected chi connectivity index (χ0v) is 22.9. The molecule has 10 heteroatoms. The molecule has 0 aromatic heterocycles. The molecule has 0 bridgehead atoms. The average Bonchev–Trinajstić information content (AvgIpc) is 3.33. The minimum Gasteiger partial charge on any atom is -0.463 e. The van der Waals surface area contributed by atoms with Gasteiger partial charge in [0.15, 0.2) is 0 Å². The predicted octanol–water partition coefficient (Wildman–Crippen LogP) is 3.35. The number of hydrogen-bond acceptors (Lipinski definition) is 6. The van der Waals surface area contributed by atoms with Crippen LogP contribution in [0.25, 0.3) is 17.2 Å². The summed E-state index contributed by atoms with van der Waals surface area (Å²) in [6, 6.07) is 9.11. The van der Waals surface area contributed by atoms with Crippen molar-refractivity contribution in [1.29, 1.82) is 0 Å². The Kier molecular flexibility index (Phi) is 8.17. The molecule has 0 atom stereocenters. The van der Waals surface area contributed by atoms with Gasteiger partial charge in [0.05, 0.1) is 12.9 Å². The van der Waals surface area contributed by atoms with Crippen LogP contribution in [0.2, 0.25) is 0 Å². The Morgan fingerprint density at radius 1 is 1.10 bits per heavy atom. The van der Waals surface area contributed by atoms with E-state index in [0.29, 0.717) is 37.2 Å². The number of allylic oxidation sites excluding steroid dienone is 1. The van der Waals surface area contributed by atoms with Crippen LogP contribution in [-0.2, 0) is 30.8 Å². The van der Waals surface area contributed by atoms with Gasteiger partial charge in [-0.3, -0.25) is 9.59 Å². The number of amides is 2. The molecule has 0 saturated heterocycles. The highest BCUT2D eigenvalue weighted by molar-refractivity contribution is 7.88. The summed E-state index contributed by atoms with van der Waals surface area (Å²) in [6.07, 6.45) is 8.48. The maximum absolute atomic E-state index is 12.4. The van der Waals surface area contributed by atoms with E-state index >= 15 is 0 Å². The molecule has 0 fully saturated rings. The van der Waals surface area contributed by atoms with Crippen LogP contribution >= 0.6 is 0 Å². The van der Waals surface area contributed by atoms with Crippen molar-refractivity contribution < 1.29 is 27.5 Å². The number of carbonyl (C=O) groups excluding carboxylic acids is 3. The molecule has 4 rings (SSSR count). The van der Waals surface area contributed by atoms with Crippen molar-refractivity contribution >= 4 is 39.6 Å². The second-order valence-electron chi connectivity index (χ2n) is 9.42. The van der Waals surface area contributed by atoms with Crippen LogP contribution in [0.15, 0.2) is 59.7 Å². The molecule has 0 spiro atoms. The first-order chi connectivity index (χ1) is 18.5. The smallest absolute Gasteiger partial charge is 0.330 e. The molecular formula is C29H31N3O6S. The monoisotopic (exact) mass is 549 g/mol. The third-order valence-electron chi connectivity index (χ3n) is 6.90. The highest BCUT2D eigenvalue weighted by Gasteiger charge is 2.27. The fourth-order valence-electron chi connectivity index (χ4n) is 4.92. The number of carbonyl (C=O) groups is 3. The molecule has 2 amide bonds. The quantitative estimate of drug-likeness (QED) is 0.383. The van der Waals surface area contributed by atoms with E-state index in [1.807, 2.05) is 37.3 Å². The minimum atomic E-state index is -3.26. The number of fused-ring (bicyclic) bond motifs is 1. The standard InChI is InChI=1S/C29H31N3O6S/c1-4-38-28(34)11-10-27(33)31-26-7-5-6-21(18(26)2)22-8-9-23(29(30)35)25-17-20(16-24(22)25)19-12-14-32(15-13-19)39(3,36)37/h5-12,16H,4,13-15,17H2,1-3H3,(H2,30,35)(H,31,33)/b11-10+. The van der Waals surface area contributed by atoms with E-state index < -0.39 is 27.8 Å². The molecule has 0 radical (unpaired) electrons. The molecule has 0 saturated carbocycles. The van der Waals surface area contributed by atoms with Gasteiger partial charge in [0.25, 0.3) is 0 Å². The lowest BCUT2D eigenvalue weighted by Gasteiger charge is -2.24. The van der Waals surface area contributed by atoms with Gasteiger partial charge < -0.3 is 15.8 Å². The fourth-order valence-corrected chi connectivity index (χ4v) is 5.69. The Labute approximate surface area is 228 Å². The molecule has 1 aliphatic heterocycles. The summed E-state index contributed by atoms with van der Waals surface area (Å²) >= 11 is 0. The van der Waals surface area contributed by atoms with Gasteiger partial charge in [-0.15, -0.1) is 0 Å². The van der Waals surface area contributed by atoms with Crippen molar-refractivity contribution in [3.8, 4) is 11.1 Å². The normalized spacial score (nSPS) is 15.5. The highest BCUT2D eigenvalue weighted by atomic mass is 32.2. The maximum atomic E-state index is 12.4. The number of benzene rings is 2. The lowest BCUT2D eigenvalue weighted by Crippen LogP contribution is -2.34. The SMILES string of the molecule is CCOC(=O)/C=C/C(=O)Nc1cccc(-c2ccc(C(N)=O)c3c2C=C(C2=CCN(S(C)(=O)=O)CC2)C3)c1C. The summed E-state index contributed by atoms with van der Waals surface area (Å²) < 4.78 is 30.1. The summed E-state index contributed by atoms with van der Waals surface area (Å²) in [4.78, 5) is 36.2. The van der Waals surface area contributed by atoms with E-state index in [4.69, 9.17) is 10.5 Å². The Morgan fingerprint density at radius 2 is 1.87 bits per heavy atom. The third-order valence-corrected chi connectivity index (χ3v) is 8.17. The molecular weight excluding hydrogens is 518 g/mol. The van der Waals surface area contributed by atoms with Gasteiger partial charge >= 0.3 is 5.97 Å². The third kappa shape index (κ3) is 6.18. The number of esters is 1. The molecule has 2 aromatic carbocycles. The zero-order valence-electron chi connectivity index (χ0n) is 22.1. The van der Waals surface area contributed by atoms with Crippen LogP contribution in [-0.4, -0.2) is 56.5 Å². The second kappa shape index (κ2) is 11.4. The molecule has 0 unspecified atom stereocenters. The summed E-state index contributed by atoms with van der Waals surface area (Å²) in [5.41, 5.74) is 13.1. The van der Waals surface area contributed by atoms with Gasteiger partial charge in [0.2, 0.25) is 21.8 Å². The van der Waals surface area contributed by atoms with Crippen molar-refractivity contribution in [2.75, 3.05) is 31.3 Å². The van der Waals surface area contributed by atoms with E-state index in [-0.39, 0.29) is 6.61 Å². The number of nitrogens with zero attached hydrogens (tertiary/aromatic N) is 1. The first-order valence-corrected chi connectivity index (χ1v) is 14.4. The molecule has 2 aliphatic rings. The van der Waals surface area contributed by atoms with Gasteiger partial charge in [0, 0.05) is 36.5 Å². The number of nitrogens with one attached hydrogen (secondary N) is 1. The Balaban J connectivity index is 1.68. The van der Waals surface area contributed by atoms with Crippen molar-refractivity contribution in [1.82, 2.24) is 4.31 Å². The van der Waals surface area contributed by atoms with Crippen LogP contribution in [0.4, 0.5) is 5.69 Å². The highest BCUT2D eigenvalue weighted by Crippen LogP contribution is 2.41. The van der Waals surface area contributed by atoms with Crippen LogP contribution in [0.3, 0.4) is 0 Å².